The summed E-state index contributed by atoms with van der Waals surface area (Å²) in [4.78, 5) is 0. The first kappa shape index (κ1) is 6.15. The summed E-state index contributed by atoms with van der Waals surface area (Å²) in [6.45, 7) is 0. The average molecular weight is 149 g/mol. The Hall–Kier alpha value is -1.58. The Morgan fingerprint density at radius 1 is 1.45 bits per heavy atom. The molecule has 2 rings (SSSR count). The number of rotatable bonds is 1. The van der Waals surface area contributed by atoms with Crippen molar-refractivity contribution in [2.75, 3.05) is 7.11 Å². The maximum Gasteiger partial charge on any atom is 0.200 e. The van der Waals surface area contributed by atoms with Crippen molar-refractivity contribution in [1.29, 1.82) is 0 Å². The zero-order valence-electron chi connectivity index (χ0n) is 6.06. The van der Waals surface area contributed by atoms with Gasteiger partial charge in [0, 0.05) is 0 Å². The highest BCUT2D eigenvalue weighted by atomic mass is 16.5. The van der Waals surface area contributed by atoms with Crippen LogP contribution in [0.5, 0.6) is 5.88 Å². The molecule has 0 saturated heterocycles. The number of fused-ring (bicyclic) bond motifs is 1. The van der Waals surface area contributed by atoms with Gasteiger partial charge in [0.2, 0.25) is 0 Å². The lowest BCUT2D eigenvalue weighted by Gasteiger charge is -2.00. The highest BCUT2D eigenvalue weighted by molar-refractivity contribution is 5.39. The third-order valence-corrected chi connectivity index (χ3v) is 1.50. The summed E-state index contributed by atoms with van der Waals surface area (Å²) in [5.41, 5.74) is 0.796. The van der Waals surface area contributed by atoms with E-state index >= 15 is 0 Å². The molecule has 0 atom stereocenters. The van der Waals surface area contributed by atoms with Crippen molar-refractivity contribution in [2.45, 2.75) is 0 Å². The molecule has 11 heavy (non-hydrogen) atoms. The molecule has 0 fully saturated rings. The number of methoxy groups -OCH3 is 1. The lowest BCUT2D eigenvalue weighted by atomic mass is 10.4. The van der Waals surface area contributed by atoms with Crippen molar-refractivity contribution >= 4 is 5.65 Å². The van der Waals surface area contributed by atoms with Crippen molar-refractivity contribution < 1.29 is 4.74 Å². The molecular formula is C7H7N3O. The second-order valence-electron chi connectivity index (χ2n) is 2.13. The van der Waals surface area contributed by atoms with Crippen LogP contribution in [0.3, 0.4) is 0 Å². The van der Waals surface area contributed by atoms with Gasteiger partial charge in [0.25, 0.3) is 0 Å². The highest BCUT2D eigenvalue weighted by Crippen LogP contribution is 2.10. The lowest BCUT2D eigenvalue weighted by Crippen LogP contribution is -1.91. The van der Waals surface area contributed by atoms with Gasteiger partial charge in [-0.1, -0.05) is 6.07 Å². The first-order chi connectivity index (χ1) is 5.42. The average Bonchev–Trinajstić information content (AvgIpc) is 2.50. The van der Waals surface area contributed by atoms with E-state index in [4.69, 9.17) is 4.74 Å². The number of ether oxygens (including phenoxy) is 1. The maximum absolute atomic E-state index is 5.07. The van der Waals surface area contributed by atoms with Crippen LogP contribution in [0.4, 0.5) is 0 Å². The fourth-order valence-electron chi connectivity index (χ4n) is 0.991. The molecule has 2 aromatic heterocycles. The van der Waals surface area contributed by atoms with Gasteiger partial charge in [-0.25, -0.2) is 0 Å². The second kappa shape index (κ2) is 2.23. The van der Waals surface area contributed by atoms with E-state index in [2.05, 4.69) is 10.2 Å². The molecule has 4 nitrogen and oxygen atoms in total. The summed E-state index contributed by atoms with van der Waals surface area (Å²) in [6.07, 6.45) is 1.62. The fourth-order valence-corrected chi connectivity index (χ4v) is 0.991. The third kappa shape index (κ3) is 0.832. The summed E-state index contributed by atoms with van der Waals surface area (Å²) in [7, 11) is 1.62. The van der Waals surface area contributed by atoms with Gasteiger partial charge in [0.05, 0.1) is 7.11 Å². The molecule has 0 aliphatic carbocycles. The molecule has 2 heterocycles. The Bertz CT molecular complexity index is 368. The molecule has 0 saturated carbocycles. The van der Waals surface area contributed by atoms with E-state index in [1.54, 1.807) is 17.8 Å². The van der Waals surface area contributed by atoms with Gasteiger partial charge in [0.1, 0.15) is 6.33 Å². The summed E-state index contributed by atoms with van der Waals surface area (Å²) in [5.74, 6) is 0.743. The molecule has 2 aromatic rings. The SMILES string of the molecule is COc1cccc2nncn12. The predicted molar refractivity (Wildman–Crippen MR) is 39.5 cm³/mol. The molecule has 0 bridgehead atoms. The summed E-state index contributed by atoms with van der Waals surface area (Å²) in [5, 5.41) is 7.60. The lowest BCUT2D eigenvalue weighted by molar-refractivity contribution is 0.392. The Kier molecular flexibility index (Phi) is 1.25. The van der Waals surface area contributed by atoms with Crippen LogP contribution in [-0.4, -0.2) is 21.7 Å². The van der Waals surface area contributed by atoms with E-state index in [1.165, 1.54) is 0 Å². The molecule has 0 radical (unpaired) electrons. The van der Waals surface area contributed by atoms with E-state index in [0.717, 1.165) is 11.5 Å². The minimum Gasteiger partial charge on any atom is -0.482 e. The van der Waals surface area contributed by atoms with Crippen LogP contribution in [0.15, 0.2) is 24.5 Å². The topological polar surface area (TPSA) is 39.4 Å². The number of hydrogen-bond donors (Lipinski definition) is 0. The first-order valence-electron chi connectivity index (χ1n) is 3.24. The van der Waals surface area contributed by atoms with E-state index in [0.29, 0.717) is 0 Å². The molecule has 0 aromatic carbocycles. The van der Waals surface area contributed by atoms with Crippen molar-refractivity contribution in [3.05, 3.63) is 24.5 Å². The zero-order chi connectivity index (χ0) is 7.68. The Morgan fingerprint density at radius 3 is 3.18 bits per heavy atom. The smallest absolute Gasteiger partial charge is 0.200 e. The normalized spacial score (nSPS) is 10.3. The number of aromatic nitrogens is 3. The molecule has 0 aliphatic rings. The number of pyridine rings is 1. The van der Waals surface area contributed by atoms with E-state index in [1.807, 2.05) is 18.2 Å². The molecule has 4 heteroatoms. The van der Waals surface area contributed by atoms with Gasteiger partial charge in [0.15, 0.2) is 11.5 Å². The number of nitrogens with zero attached hydrogens (tertiary/aromatic N) is 3. The molecule has 0 N–H and O–H groups in total. The van der Waals surface area contributed by atoms with Gasteiger partial charge < -0.3 is 4.74 Å². The third-order valence-electron chi connectivity index (χ3n) is 1.50. The van der Waals surface area contributed by atoms with E-state index in [9.17, 15) is 0 Å². The van der Waals surface area contributed by atoms with Gasteiger partial charge >= 0.3 is 0 Å². The Labute approximate surface area is 63.4 Å². The Balaban J connectivity index is 2.79. The fraction of sp³-hybridized carbons (Fsp3) is 0.143. The Morgan fingerprint density at radius 2 is 2.36 bits per heavy atom. The molecule has 0 unspecified atom stereocenters. The molecule has 0 aliphatic heterocycles. The van der Waals surface area contributed by atoms with Crippen LogP contribution in [0.1, 0.15) is 0 Å². The largest absolute Gasteiger partial charge is 0.482 e. The molecule has 0 spiro atoms. The number of hydrogen-bond acceptors (Lipinski definition) is 3. The summed E-state index contributed by atoms with van der Waals surface area (Å²) < 4.78 is 6.85. The van der Waals surface area contributed by atoms with Gasteiger partial charge in [-0.05, 0) is 12.1 Å². The van der Waals surface area contributed by atoms with Crippen molar-refractivity contribution in [3.63, 3.8) is 0 Å². The predicted octanol–water partition coefficient (Wildman–Crippen LogP) is 0.738. The highest BCUT2D eigenvalue weighted by Gasteiger charge is 1.98. The van der Waals surface area contributed by atoms with Crippen LogP contribution in [0, 0.1) is 0 Å². The molecular weight excluding hydrogens is 142 g/mol. The first-order valence-corrected chi connectivity index (χ1v) is 3.24. The van der Waals surface area contributed by atoms with Crippen LogP contribution >= 0.6 is 0 Å². The van der Waals surface area contributed by atoms with E-state index < -0.39 is 0 Å². The van der Waals surface area contributed by atoms with Crippen LogP contribution in [0.25, 0.3) is 5.65 Å². The zero-order valence-corrected chi connectivity index (χ0v) is 6.06. The summed E-state index contributed by atoms with van der Waals surface area (Å²) >= 11 is 0. The minimum atomic E-state index is 0.743. The van der Waals surface area contributed by atoms with Crippen molar-refractivity contribution in [3.8, 4) is 5.88 Å². The van der Waals surface area contributed by atoms with Gasteiger partial charge in [-0.2, -0.15) is 0 Å². The van der Waals surface area contributed by atoms with Crippen LogP contribution < -0.4 is 4.74 Å². The van der Waals surface area contributed by atoms with Crippen LogP contribution in [0.2, 0.25) is 0 Å². The van der Waals surface area contributed by atoms with Crippen molar-refractivity contribution in [1.82, 2.24) is 14.6 Å². The maximum atomic E-state index is 5.07. The van der Waals surface area contributed by atoms with E-state index in [-0.39, 0.29) is 0 Å². The monoisotopic (exact) mass is 149 g/mol. The molecule has 0 amide bonds. The minimum absolute atomic E-state index is 0.743. The van der Waals surface area contributed by atoms with Crippen molar-refractivity contribution in [2.24, 2.45) is 0 Å². The standard InChI is InChI=1S/C7H7N3O/c1-11-7-4-2-3-6-9-8-5-10(6)7/h2-5H,1H3. The second-order valence-corrected chi connectivity index (χ2v) is 2.13. The summed E-state index contributed by atoms with van der Waals surface area (Å²) in [6, 6.07) is 5.61. The quantitative estimate of drug-likeness (QED) is 0.600. The molecule has 56 valence electrons. The van der Waals surface area contributed by atoms with Gasteiger partial charge in [-0.3, -0.25) is 4.40 Å². The van der Waals surface area contributed by atoms with Crippen LogP contribution in [-0.2, 0) is 0 Å². The van der Waals surface area contributed by atoms with Gasteiger partial charge in [-0.15, -0.1) is 10.2 Å².